The number of nitrogens with zero attached hydrogens (tertiary/aromatic N) is 2. The number of carbonyl (C=O) groups excluding carboxylic acids is 1. The van der Waals surface area contributed by atoms with E-state index in [9.17, 15) is 4.79 Å². The topological polar surface area (TPSA) is 43.8 Å². The molecule has 0 radical (unpaired) electrons. The van der Waals surface area contributed by atoms with Gasteiger partial charge in [0.15, 0.2) is 0 Å². The van der Waals surface area contributed by atoms with Crippen molar-refractivity contribution in [2.45, 2.75) is 27.2 Å². The van der Waals surface area contributed by atoms with E-state index in [2.05, 4.69) is 25.7 Å². The molecule has 0 atom stereocenters. The van der Waals surface area contributed by atoms with Gasteiger partial charge in [-0.2, -0.15) is 0 Å². The van der Waals surface area contributed by atoms with Crippen molar-refractivity contribution >= 4 is 5.91 Å². The molecule has 1 N–H and O–H groups in total. The highest BCUT2D eigenvalue weighted by Gasteiger charge is 2.18. The highest BCUT2D eigenvalue weighted by molar-refractivity contribution is 5.77. The maximum atomic E-state index is 11.6. The monoisotopic (exact) mass is 230 g/mol. The lowest BCUT2D eigenvalue weighted by atomic mass is 9.96. The molecule has 96 valence electrons. The Hall–Kier alpha value is -0.610. The Kier molecular flexibility index (Phi) is 6.60. The summed E-state index contributed by atoms with van der Waals surface area (Å²) >= 11 is 0. The summed E-state index contributed by atoms with van der Waals surface area (Å²) in [4.78, 5) is 15.3. The summed E-state index contributed by atoms with van der Waals surface area (Å²) in [5.41, 5.74) is 0.169. The smallest absolute Gasteiger partial charge is 0.236 e. The maximum Gasteiger partial charge on any atom is 0.236 e. The van der Waals surface area contributed by atoms with Crippen molar-refractivity contribution in [3.05, 3.63) is 0 Å². The molecule has 4 nitrogen and oxygen atoms in total. The van der Waals surface area contributed by atoms with Crippen molar-refractivity contribution < 1.29 is 9.90 Å². The summed E-state index contributed by atoms with van der Waals surface area (Å²) < 4.78 is 0. The van der Waals surface area contributed by atoms with E-state index in [1.807, 2.05) is 0 Å². The minimum absolute atomic E-state index is 0.113. The van der Waals surface area contributed by atoms with Crippen molar-refractivity contribution in [3.8, 4) is 0 Å². The predicted octanol–water partition coefficient (Wildman–Crippen LogP) is 0.805. The number of likely N-dealkylation sites (N-methyl/N-ethyl adjacent to an activating group) is 1. The summed E-state index contributed by atoms with van der Waals surface area (Å²) in [5, 5.41) is 8.83. The zero-order valence-electron chi connectivity index (χ0n) is 11.3. The van der Waals surface area contributed by atoms with Crippen LogP contribution < -0.4 is 0 Å². The number of aliphatic hydroxyl groups excluding tert-OH is 1. The molecule has 0 bridgehead atoms. The Bertz CT molecular complexity index is 210. The predicted molar refractivity (Wildman–Crippen MR) is 66.3 cm³/mol. The van der Waals surface area contributed by atoms with Gasteiger partial charge in [-0.3, -0.25) is 9.69 Å². The minimum atomic E-state index is 0.113. The number of rotatable bonds is 6. The van der Waals surface area contributed by atoms with E-state index in [1.165, 1.54) is 0 Å². The highest BCUT2D eigenvalue weighted by Crippen LogP contribution is 2.15. The number of hydrogen-bond donors (Lipinski definition) is 1. The van der Waals surface area contributed by atoms with Gasteiger partial charge in [-0.15, -0.1) is 0 Å². The van der Waals surface area contributed by atoms with Crippen LogP contribution in [0, 0.1) is 5.41 Å². The van der Waals surface area contributed by atoms with E-state index >= 15 is 0 Å². The first-order chi connectivity index (χ1) is 7.26. The van der Waals surface area contributed by atoms with Crippen molar-refractivity contribution in [3.63, 3.8) is 0 Å². The Labute approximate surface area is 99.2 Å². The molecule has 0 saturated carbocycles. The molecule has 0 aromatic heterocycles. The molecule has 16 heavy (non-hydrogen) atoms. The normalized spacial score (nSPS) is 11.9. The van der Waals surface area contributed by atoms with Crippen molar-refractivity contribution in [1.29, 1.82) is 0 Å². The lowest BCUT2D eigenvalue weighted by Crippen LogP contribution is -2.41. The number of aliphatic hydroxyl groups is 1. The second-order valence-corrected chi connectivity index (χ2v) is 5.64. The number of amides is 1. The first kappa shape index (κ1) is 15.4. The van der Waals surface area contributed by atoms with Gasteiger partial charge in [-0.1, -0.05) is 20.8 Å². The summed E-state index contributed by atoms with van der Waals surface area (Å²) in [5.74, 6) is 0.113. The average Bonchev–Trinajstić information content (AvgIpc) is 2.11. The van der Waals surface area contributed by atoms with Gasteiger partial charge in [-0.05, 0) is 11.8 Å². The molecule has 1 amide bonds. The second-order valence-electron chi connectivity index (χ2n) is 5.64. The molecular weight excluding hydrogens is 204 g/mol. The van der Waals surface area contributed by atoms with Gasteiger partial charge in [0.25, 0.3) is 0 Å². The van der Waals surface area contributed by atoms with Crippen LogP contribution in [-0.2, 0) is 4.79 Å². The van der Waals surface area contributed by atoms with Crippen molar-refractivity contribution in [2.75, 3.05) is 40.3 Å². The standard InChI is InChI=1S/C12H26N2O2/c1-12(2,3)10-14(7-6-8-15)9-11(16)13(4)5/h15H,6-10H2,1-5H3. The van der Waals surface area contributed by atoms with E-state index in [-0.39, 0.29) is 17.9 Å². The third kappa shape index (κ3) is 7.65. The fourth-order valence-corrected chi connectivity index (χ4v) is 1.51. The van der Waals surface area contributed by atoms with Crippen LogP contribution in [0.2, 0.25) is 0 Å². The van der Waals surface area contributed by atoms with Gasteiger partial charge < -0.3 is 10.0 Å². The fraction of sp³-hybridized carbons (Fsp3) is 0.917. The molecule has 0 heterocycles. The number of hydrogen-bond acceptors (Lipinski definition) is 3. The van der Waals surface area contributed by atoms with Crippen molar-refractivity contribution in [2.24, 2.45) is 5.41 Å². The summed E-state index contributed by atoms with van der Waals surface area (Å²) in [6.07, 6.45) is 0.719. The first-order valence-corrected chi connectivity index (χ1v) is 5.79. The molecule has 0 aliphatic rings. The lowest BCUT2D eigenvalue weighted by Gasteiger charge is -2.30. The lowest BCUT2D eigenvalue weighted by molar-refractivity contribution is -0.130. The van der Waals surface area contributed by atoms with Crippen LogP contribution >= 0.6 is 0 Å². The highest BCUT2D eigenvalue weighted by atomic mass is 16.3. The summed E-state index contributed by atoms with van der Waals surface area (Å²) in [6, 6.07) is 0. The second kappa shape index (κ2) is 6.86. The van der Waals surface area contributed by atoms with Gasteiger partial charge in [-0.25, -0.2) is 0 Å². The van der Waals surface area contributed by atoms with E-state index in [0.29, 0.717) is 6.54 Å². The zero-order valence-corrected chi connectivity index (χ0v) is 11.3. The molecule has 4 heteroatoms. The Morgan fingerprint density at radius 2 is 1.81 bits per heavy atom. The molecule has 0 spiro atoms. The van der Waals surface area contributed by atoms with Crippen LogP contribution in [0.25, 0.3) is 0 Å². The Morgan fingerprint density at radius 3 is 2.19 bits per heavy atom. The Balaban J connectivity index is 4.25. The van der Waals surface area contributed by atoms with Crippen LogP contribution in [0.15, 0.2) is 0 Å². The molecule has 0 saturated heterocycles. The fourth-order valence-electron chi connectivity index (χ4n) is 1.51. The molecule has 0 unspecified atom stereocenters. The molecule has 0 aliphatic heterocycles. The molecule has 0 fully saturated rings. The van der Waals surface area contributed by atoms with Crippen LogP contribution in [0.1, 0.15) is 27.2 Å². The minimum Gasteiger partial charge on any atom is -0.396 e. The van der Waals surface area contributed by atoms with Crippen molar-refractivity contribution in [1.82, 2.24) is 9.80 Å². The van der Waals surface area contributed by atoms with Gasteiger partial charge in [0.05, 0.1) is 6.54 Å². The first-order valence-electron chi connectivity index (χ1n) is 5.79. The molecule has 0 rings (SSSR count). The molecule has 0 aromatic carbocycles. The van der Waals surface area contributed by atoms with Crippen LogP contribution in [-0.4, -0.2) is 61.2 Å². The SMILES string of the molecule is CN(C)C(=O)CN(CCCO)CC(C)(C)C. The largest absolute Gasteiger partial charge is 0.396 e. The van der Waals surface area contributed by atoms with E-state index < -0.39 is 0 Å². The van der Waals surface area contributed by atoms with Crippen LogP contribution in [0.3, 0.4) is 0 Å². The van der Waals surface area contributed by atoms with Gasteiger partial charge in [0.1, 0.15) is 0 Å². The van der Waals surface area contributed by atoms with Gasteiger partial charge in [0, 0.05) is 33.8 Å². The average molecular weight is 230 g/mol. The third-order valence-corrected chi connectivity index (χ3v) is 2.19. The quantitative estimate of drug-likeness (QED) is 0.734. The third-order valence-electron chi connectivity index (χ3n) is 2.19. The van der Waals surface area contributed by atoms with Gasteiger partial charge >= 0.3 is 0 Å². The van der Waals surface area contributed by atoms with E-state index in [4.69, 9.17) is 5.11 Å². The number of carbonyl (C=O) groups is 1. The van der Waals surface area contributed by atoms with E-state index in [0.717, 1.165) is 19.5 Å². The van der Waals surface area contributed by atoms with Gasteiger partial charge in [0.2, 0.25) is 5.91 Å². The Morgan fingerprint density at radius 1 is 1.25 bits per heavy atom. The molecule has 0 aromatic rings. The van der Waals surface area contributed by atoms with E-state index in [1.54, 1.807) is 19.0 Å². The van der Waals surface area contributed by atoms with Crippen LogP contribution in [0.5, 0.6) is 0 Å². The zero-order chi connectivity index (χ0) is 12.8. The van der Waals surface area contributed by atoms with Crippen LogP contribution in [0.4, 0.5) is 0 Å². The molecule has 0 aliphatic carbocycles. The summed E-state index contributed by atoms with van der Waals surface area (Å²) in [7, 11) is 3.54. The maximum absolute atomic E-state index is 11.6. The molecular formula is C12H26N2O2. The summed E-state index contributed by atoms with van der Waals surface area (Å²) in [6.45, 7) is 8.71.